The van der Waals surface area contributed by atoms with Crippen molar-refractivity contribution in [3.8, 4) is 0 Å². The van der Waals surface area contributed by atoms with Gasteiger partial charge in [-0.05, 0) is 12.8 Å². The number of benzene rings is 1. The summed E-state index contributed by atoms with van der Waals surface area (Å²) >= 11 is 0. The van der Waals surface area contributed by atoms with E-state index in [9.17, 15) is 0 Å². The lowest BCUT2D eigenvalue weighted by atomic mass is 10.0. The number of quaternary nitrogens is 1. The van der Waals surface area contributed by atoms with Crippen LogP contribution >= 0.6 is 9.90 Å². The molecule has 1 atom stereocenters. The van der Waals surface area contributed by atoms with Crippen LogP contribution < -0.4 is 0 Å². The first kappa shape index (κ1) is 26.6. The van der Waals surface area contributed by atoms with Crippen molar-refractivity contribution in [2.45, 2.75) is 103 Å². The van der Waals surface area contributed by atoms with Gasteiger partial charge in [-0.1, -0.05) is 114 Å². The predicted molar refractivity (Wildman–Crippen MR) is 129 cm³/mol. The number of hydrogen-bond donors (Lipinski definition) is 0. The van der Waals surface area contributed by atoms with E-state index in [1.54, 1.807) is 0 Å². The third-order valence-corrected chi connectivity index (χ3v) is 5.57. The van der Waals surface area contributed by atoms with Crippen molar-refractivity contribution in [2.75, 3.05) is 20.6 Å². The Hall–Kier alpha value is -0.390. The minimum absolute atomic E-state index is 0. The van der Waals surface area contributed by atoms with Gasteiger partial charge in [0.1, 0.15) is 6.54 Å². The van der Waals surface area contributed by atoms with E-state index < -0.39 is 0 Å². The number of hydrogen-bond acceptors (Lipinski definition) is 0. The molecule has 0 spiro atoms. The number of nitrogens with zero attached hydrogens (tertiary/aromatic N) is 1. The zero-order valence-electron chi connectivity index (χ0n) is 18.9. The highest BCUT2D eigenvalue weighted by molar-refractivity contribution is 6.92. The molecule has 0 bridgehead atoms. The Morgan fingerprint density at radius 1 is 0.593 bits per heavy atom. The summed E-state index contributed by atoms with van der Waals surface area (Å²) in [6, 6.07) is 10.9. The minimum atomic E-state index is 0. The fraction of sp³-hybridized carbons (Fsp3) is 0.760. The lowest BCUT2D eigenvalue weighted by Crippen LogP contribution is -2.39. The van der Waals surface area contributed by atoms with E-state index in [1.165, 1.54) is 102 Å². The summed E-state index contributed by atoms with van der Waals surface area (Å²) in [7, 11) is 4.74. The van der Waals surface area contributed by atoms with Crippen molar-refractivity contribution in [1.82, 2.24) is 0 Å². The molecule has 1 rings (SSSR count). The zero-order chi connectivity index (χ0) is 18.9. The Kier molecular flexibility index (Phi) is 17.4. The lowest BCUT2D eigenvalue weighted by Gasteiger charge is -2.30. The van der Waals surface area contributed by atoms with Crippen molar-refractivity contribution >= 4 is 9.90 Å². The van der Waals surface area contributed by atoms with E-state index in [1.807, 2.05) is 0 Å². The van der Waals surface area contributed by atoms with Crippen LogP contribution in [0.5, 0.6) is 0 Å². The van der Waals surface area contributed by atoms with Gasteiger partial charge < -0.3 is 4.48 Å². The van der Waals surface area contributed by atoms with Crippen LogP contribution in [0, 0.1) is 0 Å². The third kappa shape index (κ3) is 16.3. The van der Waals surface area contributed by atoms with Gasteiger partial charge in [0.05, 0.1) is 20.6 Å². The largest absolute Gasteiger partial charge is 0.325 e. The molecule has 0 radical (unpaired) electrons. The predicted octanol–water partition coefficient (Wildman–Crippen LogP) is 7.80. The Labute approximate surface area is 174 Å². The standard InChI is InChI=1S/C25H46N.H3P/c1-4-5-6-7-8-9-10-11-12-13-14-15-16-20-23-26(2,3)24-25-21-18-17-19-22-25;/h17-19,21-22H,4-16,20,23-24H2,1-3H3;1H3/q+1;. The first-order valence-corrected chi connectivity index (χ1v) is 11.5. The Morgan fingerprint density at radius 3 is 1.44 bits per heavy atom. The molecule has 0 aliphatic heterocycles. The van der Waals surface area contributed by atoms with Crippen LogP contribution in [0.15, 0.2) is 30.3 Å². The van der Waals surface area contributed by atoms with Crippen LogP contribution in [0.1, 0.15) is 102 Å². The molecule has 1 aromatic carbocycles. The topological polar surface area (TPSA) is 0 Å². The molecule has 158 valence electrons. The van der Waals surface area contributed by atoms with Gasteiger partial charge >= 0.3 is 0 Å². The highest BCUT2D eigenvalue weighted by Crippen LogP contribution is 2.14. The highest BCUT2D eigenvalue weighted by Gasteiger charge is 2.14. The van der Waals surface area contributed by atoms with Crippen molar-refractivity contribution in [3.63, 3.8) is 0 Å². The molecule has 2 heteroatoms. The molecule has 27 heavy (non-hydrogen) atoms. The minimum Gasteiger partial charge on any atom is -0.325 e. The first-order valence-electron chi connectivity index (χ1n) is 11.5. The van der Waals surface area contributed by atoms with E-state index in [-0.39, 0.29) is 9.90 Å². The van der Waals surface area contributed by atoms with Crippen molar-refractivity contribution in [1.29, 1.82) is 0 Å². The van der Waals surface area contributed by atoms with E-state index in [2.05, 4.69) is 51.4 Å². The maximum atomic E-state index is 2.37. The Balaban J connectivity index is 0.00000676. The Morgan fingerprint density at radius 2 is 1.00 bits per heavy atom. The van der Waals surface area contributed by atoms with E-state index in [0.29, 0.717) is 0 Å². The second-order valence-electron chi connectivity index (χ2n) is 8.90. The van der Waals surface area contributed by atoms with Gasteiger partial charge in [0.15, 0.2) is 0 Å². The lowest BCUT2D eigenvalue weighted by molar-refractivity contribution is -0.903. The molecule has 0 heterocycles. The van der Waals surface area contributed by atoms with Crippen LogP contribution in [-0.2, 0) is 6.54 Å². The molecule has 0 aliphatic carbocycles. The average molecular weight is 395 g/mol. The summed E-state index contributed by atoms with van der Waals surface area (Å²) in [5, 5.41) is 0. The average Bonchev–Trinajstić information content (AvgIpc) is 2.62. The first-order chi connectivity index (χ1) is 12.6. The maximum absolute atomic E-state index is 2.37. The normalized spacial score (nSPS) is 11.4. The molecule has 1 unspecified atom stereocenters. The summed E-state index contributed by atoms with van der Waals surface area (Å²) in [6.45, 7) is 4.75. The van der Waals surface area contributed by atoms with Gasteiger partial charge in [0.2, 0.25) is 0 Å². The summed E-state index contributed by atoms with van der Waals surface area (Å²) in [6.07, 6.45) is 20.2. The van der Waals surface area contributed by atoms with Gasteiger partial charge in [-0.3, -0.25) is 0 Å². The molecular formula is C25H49NP+. The van der Waals surface area contributed by atoms with E-state index in [0.717, 1.165) is 11.0 Å². The van der Waals surface area contributed by atoms with Crippen molar-refractivity contribution in [3.05, 3.63) is 35.9 Å². The smallest absolute Gasteiger partial charge is 0.104 e. The van der Waals surface area contributed by atoms with Gasteiger partial charge in [0, 0.05) is 5.56 Å². The zero-order valence-corrected chi connectivity index (χ0v) is 20.3. The highest BCUT2D eigenvalue weighted by atomic mass is 31.0. The van der Waals surface area contributed by atoms with Crippen LogP contribution in [0.4, 0.5) is 0 Å². The van der Waals surface area contributed by atoms with Crippen LogP contribution in [0.3, 0.4) is 0 Å². The second kappa shape index (κ2) is 17.7. The van der Waals surface area contributed by atoms with Crippen molar-refractivity contribution in [2.24, 2.45) is 0 Å². The molecule has 0 amide bonds. The summed E-state index contributed by atoms with van der Waals surface area (Å²) < 4.78 is 1.11. The summed E-state index contributed by atoms with van der Waals surface area (Å²) in [5.74, 6) is 0. The second-order valence-corrected chi connectivity index (χ2v) is 8.90. The van der Waals surface area contributed by atoms with Gasteiger partial charge in [-0.2, -0.15) is 9.90 Å². The fourth-order valence-corrected chi connectivity index (χ4v) is 3.89. The van der Waals surface area contributed by atoms with Crippen molar-refractivity contribution < 1.29 is 4.48 Å². The number of unbranched alkanes of at least 4 members (excludes halogenated alkanes) is 13. The molecule has 0 saturated heterocycles. The third-order valence-electron chi connectivity index (χ3n) is 5.57. The quantitative estimate of drug-likeness (QED) is 0.144. The van der Waals surface area contributed by atoms with Gasteiger partial charge in [-0.25, -0.2) is 0 Å². The SMILES string of the molecule is CCCCCCCCCCCCCCCC[N+](C)(C)Cc1ccccc1.P. The van der Waals surface area contributed by atoms with Crippen LogP contribution in [-0.4, -0.2) is 25.1 Å². The summed E-state index contributed by atoms with van der Waals surface area (Å²) in [5.41, 5.74) is 1.46. The Bertz CT molecular complexity index is 416. The monoisotopic (exact) mass is 394 g/mol. The molecule has 0 aliphatic rings. The van der Waals surface area contributed by atoms with Gasteiger partial charge in [-0.15, -0.1) is 0 Å². The van der Waals surface area contributed by atoms with Crippen LogP contribution in [0.25, 0.3) is 0 Å². The number of rotatable bonds is 17. The fourth-order valence-electron chi connectivity index (χ4n) is 3.89. The molecular weight excluding hydrogens is 345 g/mol. The van der Waals surface area contributed by atoms with Gasteiger partial charge in [0.25, 0.3) is 0 Å². The maximum Gasteiger partial charge on any atom is 0.104 e. The molecule has 0 fully saturated rings. The van der Waals surface area contributed by atoms with Crippen LogP contribution in [0.2, 0.25) is 0 Å². The van der Waals surface area contributed by atoms with E-state index in [4.69, 9.17) is 0 Å². The molecule has 1 aromatic rings. The molecule has 0 N–H and O–H groups in total. The van der Waals surface area contributed by atoms with E-state index >= 15 is 0 Å². The molecule has 0 aromatic heterocycles. The summed E-state index contributed by atoms with van der Waals surface area (Å²) in [4.78, 5) is 0. The molecule has 0 saturated carbocycles. The molecule has 1 nitrogen and oxygen atoms in total.